The predicted octanol–water partition coefficient (Wildman–Crippen LogP) is 4.77. The first-order valence-electron chi connectivity index (χ1n) is 6.75. The lowest BCUT2D eigenvalue weighted by molar-refractivity contribution is 0.101. The highest BCUT2D eigenvalue weighted by atomic mass is 35.5. The number of halogens is 1. The van der Waals surface area contributed by atoms with Crippen LogP contribution >= 0.6 is 11.6 Å². The van der Waals surface area contributed by atoms with Gasteiger partial charge in [-0.15, -0.1) is 11.6 Å². The molecule has 2 nitrogen and oxygen atoms in total. The van der Waals surface area contributed by atoms with Gasteiger partial charge in [0.25, 0.3) is 0 Å². The van der Waals surface area contributed by atoms with Crippen molar-refractivity contribution in [2.75, 3.05) is 0 Å². The van der Waals surface area contributed by atoms with Gasteiger partial charge in [-0.2, -0.15) is 0 Å². The van der Waals surface area contributed by atoms with E-state index in [0.717, 1.165) is 22.0 Å². The highest BCUT2D eigenvalue weighted by molar-refractivity contribution is 6.23. The molecule has 0 saturated heterocycles. The summed E-state index contributed by atoms with van der Waals surface area (Å²) in [5, 5.41) is 0.783. The lowest BCUT2D eigenvalue weighted by Gasteiger charge is -2.13. The molecule has 0 radical (unpaired) electrons. The first-order valence-corrected chi connectivity index (χ1v) is 7.19. The zero-order valence-electron chi connectivity index (χ0n) is 11.6. The fourth-order valence-electron chi connectivity index (χ4n) is 2.40. The van der Waals surface area contributed by atoms with Crippen LogP contribution in [0.3, 0.4) is 0 Å². The average Bonchev–Trinajstić information content (AvgIpc) is 2.53. The molecule has 1 aromatic heterocycles. The van der Waals surface area contributed by atoms with E-state index in [-0.39, 0.29) is 11.2 Å². The summed E-state index contributed by atoms with van der Waals surface area (Å²) in [4.78, 5) is 15.8. The Morgan fingerprint density at radius 2 is 1.76 bits per heavy atom. The van der Waals surface area contributed by atoms with Gasteiger partial charge in [0.05, 0.1) is 10.9 Å². The van der Waals surface area contributed by atoms with Crippen molar-refractivity contribution in [3.8, 4) is 0 Å². The predicted molar refractivity (Wildman–Crippen MR) is 85.9 cm³/mol. The summed E-state index contributed by atoms with van der Waals surface area (Å²) in [5.74, 6) is 0.0551. The average molecular weight is 296 g/mol. The van der Waals surface area contributed by atoms with Gasteiger partial charge < -0.3 is 0 Å². The Hall–Kier alpha value is -2.19. The van der Waals surface area contributed by atoms with Crippen LogP contribution in [0.5, 0.6) is 0 Å². The molecule has 0 amide bonds. The third-order valence-electron chi connectivity index (χ3n) is 3.55. The van der Waals surface area contributed by atoms with E-state index < -0.39 is 0 Å². The molecule has 2 aromatic carbocycles. The van der Waals surface area contributed by atoms with Crippen LogP contribution in [-0.2, 0) is 0 Å². The summed E-state index contributed by atoms with van der Waals surface area (Å²) in [6, 6.07) is 17.4. The van der Waals surface area contributed by atoms with Crippen molar-refractivity contribution in [1.82, 2.24) is 4.98 Å². The zero-order chi connectivity index (χ0) is 14.8. The van der Waals surface area contributed by atoms with Gasteiger partial charge >= 0.3 is 0 Å². The van der Waals surface area contributed by atoms with Crippen LogP contribution in [0.15, 0.2) is 60.8 Å². The second-order valence-electron chi connectivity index (χ2n) is 4.96. The maximum atomic E-state index is 11.3. The lowest BCUT2D eigenvalue weighted by Crippen LogP contribution is -1.98. The highest BCUT2D eigenvalue weighted by Gasteiger charge is 2.14. The smallest absolute Gasteiger partial charge is 0.159 e. The summed E-state index contributed by atoms with van der Waals surface area (Å²) in [7, 11) is 0. The SMILES string of the molecule is CC(=O)c1ccc(C(Cl)c2cccc3cccnc23)cc1. The van der Waals surface area contributed by atoms with E-state index in [0.29, 0.717) is 5.56 Å². The second-order valence-corrected chi connectivity index (χ2v) is 5.40. The molecular weight excluding hydrogens is 282 g/mol. The van der Waals surface area contributed by atoms with Crippen molar-refractivity contribution in [2.24, 2.45) is 0 Å². The molecular formula is C18H14ClNO. The van der Waals surface area contributed by atoms with Crippen LogP contribution in [-0.4, -0.2) is 10.8 Å². The molecule has 3 rings (SSSR count). The monoisotopic (exact) mass is 295 g/mol. The molecule has 0 fully saturated rings. The van der Waals surface area contributed by atoms with Crippen LogP contribution < -0.4 is 0 Å². The number of hydrogen-bond acceptors (Lipinski definition) is 2. The molecule has 3 heteroatoms. The van der Waals surface area contributed by atoms with Gasteiger partial charge in [-0.05, 0) is 18.6 Å². The highest BCUT2D eigenvalue weighted by Crippen LogP contribution is 2.32. The minimum atomic E-state index is -0.287. The first-order chi connectivity index (χ1) is 10.2. The third kappa shape index (κ3) is 2.67. The molecule has 0 bridgehead atoms. The second kappa shape index (κ2) is 5.66. The van der Waals surface area contributed by atoms with Crippen LogP contribution in [0.1, 0.15) is 33.8 Å². The molecule has 1 atom stereocenters. The molecule has 0 N–H and O–H groups in total. The van der Waals surface area contributed by atoms with Crippen molar-refractivity contribution in [3.05, 3.63) is 77.5 Å². The van der Waals surface area contributed by atoms with E-state index >= 15 is 0 Å². The van der Waals surface area contributed by atoms with Gasteiger partial charge in [0, 0.05) is 22.7 Å². The van der Waals surface area contributed by atoms with Crippen LogP contribution in [0.25, 0.3) is 10.9 Å². The Balaban J connectivity index is 2.04. The maximum absolute atomic E-state index is 11.3. The largest absolute Gasteiger partial charge is 0.295 e. The van der Waals surface area contributed by atoms with Gasteiger partial charge in [-0.25, -0.2) is 0 Å². The van der Waals surface area contributed by atoms with E-state index in [4.69, 9.17) is 11.6 Å². The number of fused-ring (bicyclic) bond motifs is 1. The Labute approximate surface area is 128 Å². The van der Waals surface area contributed by atoms with Crippen molar-refractivity contribution >= 4 is 28.3 Å². The number of nitrogens with zero attached hydrogens (tertiary/aromatic N) is 1. The minimum absolute atomic E-state index is 0.0551. The molecule has 3 aromatic rings. The molecule has 1 heterocycles. The Kier molecular flexibility index (Phi) is 3.72. The van der Waals surface area contributed by atoms with E-state index in [1.807, 2.05) is 54.6 Å². The van der Waals surface area contributed by atoms with Crippen molar-refractivity contribution in [1.29, 1.82) is 0 Å². The zero-order valence-corrected chi connectivity index (χ0v) is 12.3. The van der Waals surface area contributed by atoms with Crippen molar-refractivity contribution in [2.45, 2.75) is 12.3 Å². The number of aromatic nitrogens is 1. The standard InChI is InChI=1S/C18H14ClNO/c1-12(21)13-7-9-14(10-8-13)17(19)16-6-2-4-15-5-3-11-20-18(15)16/h2-11,17H,1H3. The molecule has 0 spiro atoms. The Morgan fingerprint density at radius 3 is 2.48 bits per heavy atom. The molecule has 0 aliphatic rings. The maximum Gasteiger partial charge on any atom is 0.159 e. The number of para-hydroxylation sites is 1. The van der Waals surface area contributed by atoms with Crippen LogP contribution in [0.2, 0.25) is 0 Å². The van der Waals surface area contributed by atoms with Crippen molar-refractivity contribution in [3.63, 3.8) is 0 Å². The Bertz CT molecular complexity index is 790. The number of carbonyl (C=O) groups is 1. The number of Topliss-reactive ketones (excluding diaryl/α,β-unsaturated/α-hetero) is 1. The molecule has 0 aliphatic heterocycles. The quantitative estimate of drug-likeness (QED) is 0.515. The third-order valence-corrected chi connectivity index (χ3v) is 4.03. The van der Waals surface area contributed by atoms with E-state index in [1.165, 1.54) is 0 Å². The van der Waals surface area contributed by atoms with E-state index in [2.05, 4.69) is 4.98 Å². The van der Waals surface area contributed by atoms with E-state index in [9.17, 15) is 4.79 Å². The van der Waals surface area contributed by atoms with Gasteiger partial charge in [-0.3, -0.25) is 9.78 Å². The van der Waals surface area contributed by atoms with Crippen molar-refractivity contribution < 1.29 is 4.79 Å². The topological polar surface area (TPSA) is 30.0 Å². The number of carbonyl (C=O) groups excluding carboxylic acids is 1. The normalized spacial score (nSPS) is 12.3. The van der Waals surface area contributed by atoms with Gasteiger partial charge in [0.15, 0.2) is 5.78 Å². The lowest BCUT2D eigenvalue weighted by atomic mass is 10.00. The fourth-order valence-corrected chi connectivity index (χ4v) is 2.72. The van der Waals surface area contributed by atoms with Crippen LogP contribution in [0.4, 0.5) is 0 Å². The molecule has 0 aliphatic carbocycles. The Morgan fingerprint density at radius 1 is 1.05 bits per heavy atom. The number of hydrogen-bond donors (Lipinski definition) is 0. The summed E-state index contributed by atoms with van der Waals surface area (Å²) >= 11 is 6.62. The molecule has 0 saturated carbocycles. The first kappa shape index (κ1) is 13.8. The van der Waals surface area contributed by atoms with E-state index in [1.54, 1.807) is 13.1 Å². The van der Waals surface area contributed by atoms with Gasteiger partial charge in [-0.1, -0.05) is 48.5 Å². The summed E-state index contributed by atoms with van der Waals surface area (Å²) in [6.07, 6.45) is 1.77. The molecule has 104 valence electrons. The number of ketones is 1. The van der Waals surface area contributed by atoms with Crippen LogP contribution in [0, 0.1) is 0 Å². The minimum Gasteiger partial charge on any atom is -0.295 e. The summed E-state index contributed by atoms with van der Waals surface area (Å²) in [6.45, 7) is 1.56. The van der Waals surface area contributed by atoms with Gasteiger partial charge in [0.1, 0.15) is 0 Å². The summed E-state index contributed by atoms with van der Waals surface area (Å²) in [5.41, 5.74) is 3.54. The number of alkyl halides is 1. The van der Waals surface area contributed by atoms with Gasteiger partial charge in [0.2, 0.25) is 0 Å². The number of pyridine rings is 1. The fraction of sp³-hybridized carbons (Fsp3) is 0.111. The molecule has 21 heavy (non-hydrogen) atoms. The summed E-state index contributed by atoms with van der Waals surface area (Å²) < 4.78 is 0. The molecule has 1 unspecified atom stereocenters. The number of benzene rings is 2. The number of rotatable bonds is 3.